The molecule has 1 aliphatic carbocycles. The molecule has 4 nitrogen and oxygen atoms in total. The van der Waals surface area contributed by atoms with Crippen LogP contribution in [-0.4, -0.2) is 43.2 Å². The minimum absolute atomic E-state index is 0. The van der Waals surface area contributed by atoms with Crippen LogP contribution in [0, 0.1) is 0 Å². The smallest absolute Gasteiger partial charge is 0.119 e. The van der Waals surface area contributed by atoms with Gasteiger partial charge in [0.05, 0.1) is 7.11 Å². The Morgan fingerprint density at radius 1 is 1.04 bits per heavy atom. The number of ether oxygens (including phenoxy) is 1. The molecule has 2 aliphatic rings. The third-order valence-corrected chi connectivity index (χ3v) is 6.25. The van der Waals surface area contributed by atoms with Gasteiger partial charge in [-0.05, 0) is 55.5 Å². The molecule has 0 amide bonds. The summed E-state index contributed by atoms with van der Waals surface area (Å²) in [5.74, 6) is 1.54. The van der Waals surface area contributed by atoms with Crippen LogP contribution in [0.4, 0.5) is 0 Å². The van der Waals surface area contributed by atoms with Crippen LogP contribution in [0.5, 0.6) is 5.75 Å². The fraction of sp³-hybridized carbons (Fsp3) is 0.500. The summed E-state index contributed by atoms with van der Waals surface area (Å²) in [5, 5.41) is 3.50. The van der Waals surface area contributed by atoms with Gasteiger partial charge in [0, 0.05) is 49.5 Å². The molecule has 0 atom stereocenters. The Bertz CT molecular complexity index is 715. The lowest BCUT2D eigenvalue weighted by Gasteiger charge is -2.50. The third kappa shape index (κ3) is 4.62. The largest absolute Gasteiger partial charge is 0.497 e. The van der Waals surface area contributed by atoms with E-state index in [-0.39, 0.29) is 30.4 Å². The molecule has 28 heavy (non-hydrogen) atoms. The molecule has 0 radical (unpaired) electrons. The van der Waals surface area contributed by atoms with Crippen molar-refractivity contribution in [2.75, 3.05) is 33.3 Å². The number of aromatic nitrogens is 1. The van der Waals surface area contributed by atoms with Gasteiger partial charge >= 0.3 is 0 Å². The number of hydrogen-bond acceptors (Lipinski definition) is 4. The standard InChI is InChI=1S/C22H29N3O.2ClH/c1-26-20-6-4-5-19(17-20)22(25-15-13-23-14-16-25)10-8-18(9-11-22)21-7-2-3-12-24-21;;/h2-7,12,17-18,23H,8-11,13-16H2,1H3;2*1H. The quantitative estimate of drug-likeness (QED) is 0.790. The lowest BCUT2D eigenvalue weighted by atomic mass is 9.70. The molecular weight excluding hydrogens is 393 g/mol. The van der Waals surface area contributed by atoms with Crippen LogP contribution >= 0.6 is 24.8 Å². The molecule has 0 unspecified atom stereocenters. The van der Waals surface area contributed by atoms with Crippen LogP contribution in [-0.2, 0) is 5.54 Å². The fourth-order valence-corrected chi connectivity index (χ4v) is 4.80. The van der Waals surface area contributed by atoms with Crippen molar-refractivity contribution in [3.05, 3.63) is 59.9 Å². The highest BCUT2D eigenvalue weighted by molar-refractivity contribution is 5.85. The summed E-state index contributed by atoms with van der Waals surface area (Å²) in [7, 11) is 1.76. The zero-order valence-electron chi connectivity index (χ0n) is 16.5. The van der Waals surface area contributed by atoms with E-state index in [4.69, 9.17) is 4.74 Å². The van der Waals surface area contributed by atoms with Gasteiger partial charge in [0.15, 0.2) is 0 Å². The van der Waals surface area contributed by atoms with Gasteiger partial charge in [-0.15, -0.1) is 24.8 Å². The molecule has 154 valence electrons. The average Bonchev–Trinajstić information content (AvgIpc) is 2.75. The SMILES string of the molecule is COc1cccc(C2(N3CCNCC3)CCC(c3ccccn3)CC2)c1.Cl.Cl. The Kier molecular flexibility index (Phi) is 8.56. The van der Waals surface area contributed by atoms with Crippen LogP contribution in [0.3, 0.4) is 0 Å². The van der Waals surface area contributed by atoms with Crippen LogP contribution in [0.15, 0.2) is 48.7 Å². The zero-order valence-corrected chi connectivity index (χ0v) is 18.1. The number of rotatable bonds is 4. The lowest BCUT2D eigenvalue weighted by Crippen LogP contribution is -2.55. The number of pyridine rings is 1. The first kappa shape index (κ1) is 23.0. The van der Waals surface area contributed by atoms with Gasteiger partial charge in [0.2, 0.25) is 0 Å². The highest BCUT2D eigenvalue weighted by Crippen LogP contribution is 2.47. The average molecular weight is 424 g/mol. The second kappa shape index (κ2) is 10.4. The molecule has 1 saturated heterocycles. The van der Waals surface area contributed by atoms with E-state index in [1.54, 1.807) is 7.11 Å². The number of halogens is 2. The maximum atomic E-state index is 5.53. The Balaban J connectivity index is 0.00000140. The number of hydrogen-bond donors (Lipinski definition) is 1. The third-order valence-electron chi connectivity index (χ3n) is 6.25. The zero-order chi connectivity index (χ0) is 17.8. The summed E-state index contributed by atoms with van der Waals surface area (Å²) >= 11 is 0. The molecule has 1 saturated carbocycles. The summed E-state index contributed by atoms with van der Waals surface area (Å²) in [6, 6.07) is 15.1. The Morgan fingerprint density at radius 3 is 2.43 bits per heavy atom. The van der Waals surface area contributed by atoms with E-state index in [0.29, 0.717) is 5.92 Å². The van der Waals surface area contributed by atoms with E-state index in [2.05, 4.69) is 51.6 Å². The normalized spacial score (nSPS) is 25.2. The van der Waals surface area contributed by atoms with Crippen molar-refractivity contribution < 1.29 is 4.74 Å². The molecule has 0 spiro atoms. The predicted molar refractivity (Wildman–Crippen MR) is 119 cm³/mol. The molecule has 0 bridgehead atoms. The van der Waals surface area contributed by atoms with E-state index < -0.39 is 0 Å². The molecule has 6 heteroatoms. The van der Waals surface area contributed by atoms with Gasteiger partial charge < -0.3 is 10.1 Å². The van der Waals surface area contributed by atoms with Crippen molar-refractivity contribution in [2.24, 2.45) is 0 Å². The fourth-order valence-electron chi connectivity index (χ4n) is 4.80. The Morgan fingerprint density at radius 2 is 1.79 bits per heavy atom. The number of methoxy groups -OCH3 is 1. The van der Waals surface area contributed by atoms with E-state index in [1.165, 1.54) is 36.9 Å². The lowest BCUT2D eigenvalue weighted by molar-refractivity contribution is 0.0307. The molecule has 1 aromatic carbocycles. The minimum Gasteiger partial charge on any atom is -0.497 e. The molecule has 2 heterocycles. The summed E-state index contributed by atoms with van der Waals surface area (Å²) < 4.78 is 5.53. The second-order valence-electron chi connectivity index (χ2n) is 7.53. The topological polar surface area (TPSA) is 37.4 Å². The van der Waals surface area contributed by atoms with Crippen LogP contribution in [0.25, 0.3) is 0 Å². The number of benzene rings is 1. The van der Waals surface area contributed by atoms with Crippen molar-refractivity contribution >= 4 is 24.8 Å². The molecule has 4 rings (SSSR count). The summed E-state index contributed by atoms with van der Waals surface area (Å²) in [5.41, 5.74) is 2.80. The molecule has 2 fully saturated rings. The van der Waals surface area contributed by atoms with E-state index >= 15 is 0 Å². The highest BCUT2D eigenvalue weighted by Gasteiger charge is 2.42. The first-order chi connectivity index (χ1) is 12.8. The van der Waals surface area contributed by atoms with E-state index in [0.717, 1.165) is 31.9 Å². The van der Waals surface area contributed by atoms with Gasteiger partial charge in [-0.3, -0.25) is 9.88 Å². The van der Waals surface area contributed by atoms with E-state index in [1.807, 2.05) is 12.3 Å². The van der Waals surface area contributed by atoms with Gasteiger partial charge in [0.25, 0.3) is 0 Å². The van der Waals surface area contributed by atoms with Crippen molar-refractivity contribution in [1.29, 1.82) is 0 Å². The monoisotopic (exact) mass is 423 g/mol. The summed E-state index contributed by atoms with van der Waals surface area (Å²) in [6.45, 7) is 4.39. The molecule has 1 N–H and O–H groups in total. The predicted octanol–water partition coefficient (Wildman–Crippen LogP) is 4.39. The number of piperazine rings is 1. The maximum absolute atomic E-state index is 5.53. The molecular formula is C22H31Cl2N3O. The van der Waals surface area contributed by atoms with Gasteiger partial charge in [0.1, 0.15) is 5.75 Å². The molecule has 1 aromatic heterocycles. The van der Waals surface area contributed by atoms with Gasteiger partial charge in [-0.1, -0.05) is 18.2 Å². The Hall–Kier alpha value is -1.33. The van der Waals surface area contributed by atoms with Crippen LogP contribution in [0.2, 0.25) is 0 Å². The Labute approximate surface area is 180 Å². The first-order valence-corrected chi connectivity index (χ1v) is 9.83. The second-order valence-corrected chi connectivity index (χ2v) is 7.53. The highest BCUT2D eigenvalue weighted by atomic mass is 35.5. The molecule has 1 aliphatic heterocycles. The number of nitrogens with one attached hydrogen (secondary N) is 1. The van der Waals surface area contributed by atoms with Gasteiger partial charge in [-0.25, -0.2) is 0 Å². The van der Waals surface area contributed by atoms with Crippen LogP contribution in [0.1, 0.15) is 42.9 Å². The first-order valence-electron chi connectivity index (χ1n) is 9.83. The van der Waals surface area contributed by atoms with Crippen molar-refractivity contribution in [3.8, 4) is 5.75 Å². The number of nitrogens with zero attached hydrogens (tertiary/aromatic N) is 2. The van der Waals surface area contributed by atoms with Crippen molar-refractivity contribution in [3.63, 3.8) is 0 Å². The minimum atomic E-state index is 0. The van der Waals surface area contributed by atoms with Crippen molar-refractivity contribution in [1.82, 2.24) is 15.2 Å². The molecule has 2 aromatic rings. The maximum Gasteiger partial charge on any atom is 0.119 e. The van der Waals surface area contributed by atoms with Crippen LogP contribution < -0.4 is 10.1 Å². The van der Waals surface area contributed by atoms with E-state index in [9.17, 15) is 0 Å². The summed E-state index contributed by atoms with van der Waals surface area (Å²) in [6.07, 6.45) is 6.68. The van der Waals surface area contributed by atoms with Gasteiger partial charge in [-0.2, -0.15) is 0 Å². The summed E-state index contributed by atoms with van der Waals surface area (Å²) in [4.78, 5) is 7.33. The van der Waals surface area contributed by atoms with Crippen molar-refractivity contribution in [2.45, 2.75) is 37.1 Å².